The summed E-state index contributed by atoms with van der Waals surface area (Å²) in [6, 6.07) is 2.03. The molecule has 0 fully saturated rings. The van der Waals surface area contributed by atoms with Gasteiger partial charge in [0.05, 0.1) is 18.8 Å². The zero-order chi connectivity index (χ0) is 14.0. The Bertz CT molecular complexity index is 759. The van der Waals surface area contributed by atoms with Crippen molar-refractivity contribution >= 4 is 11.2 Å². The summed E-state index contributed by atoms with van der Waals surface area (Å²) in [5.41, 5.74) is 0.0476. The number of imidazole rings is 1. The largest absolute Gasteiger partial charge is 0.332 e. The fourth-order valence-electron chi connectivity index (χ4n) is 2.07. The molecule has 0 unspecified atom stereocenters. The zero-order valence-corrected chi connectivity index (χ0v) is 11.0. The van der Waals surface area contributed by atoms with Crippen molar-refractivity contribution < 1.29 is 0 Å². The predicted octanol–water partition coefficient (Wildman–Crippen LogP) is 0.220. The standard InChI is InChI=1S/C12H15N5O2/c1-3-6-17-10-9(11(18)15(2)12(17)19)16(8-14-10)7-4-5-13/h8H,3-4,6-7H2,1-2H3. The van der Waals surface area contributed by atoms with Gasteiger partial charge in [0.1, 0.15) is 0 Å². The predicted molar refractivity (Wildman–Crippen MR) is 69.8 cm³/mol. The van der Waals surface area contributed by atoms with Crippen LogP contribution in [0.3, 0.4) is 0 Å². The van der Waals surface area contributed by atoms with E-state index in [0.717, 1.165) is 11.0 Å². The monoisotopic (exact) mass is 261 g/mol. The molecule has 0 spiro atoms. The van der Waals surface area contributed by atoms with Crippen LogP contribution in [0, 0.1) is 11.3 Å². The average molecular weight is 261 g/mol. The van der Waals surface area contributed by atoms with Crippen molar-refractivity contribution in [3.8, 4) is 6.07 Å². The molecule has 0 aliphatic rings. The summed E-state index contributed by atoms with van der Waals surface area (Å²) in [4.78, 5) is 28.4. The molecule has 0 aromatic carbocycles. The molecule has 2 rings (SSSR count). The van der Waals surface area contributed by atoms with Crippen LogP contribution in [0.2, 0.25) is 0 Å². The minimum atomic E-state index is -0.372. The Morgan fingerprint density at radius 3 is 2.74 bits per heavy atom. The minimum absolute atomic E-state index is 0.293. The van der Waals surface area contributed by atoms with E-state index < -0.39 is 0 Å². The molecule has 2 aromatic rings. The van der Waals surface area contributed by atoms with Crippen molar-refractivity contribution in [2.75, 3.05) is 0 Å². The van der Waals surface area contributed by atoms with Crippen LogP contribution in [-0.2, 0) is 20.1 Å². The van der Waals surface area contributed by atoms with E-state index in [1.54, 1.807) is 4.57 Å². The Hall–Kier alpha value is -2.36. The molecule has 0 bridgehead atoms. The highest BCUT2D eigenvalue weighted by Crippen LogP contribution is 2.07. The van der Waals surface area contributed by atoms with Crippen LogP contribution in [-0.4, -0.2) is 18.7 Å². The molecule has 19 heavy (non-hydrogen) atoms. The second-order valence-corrected chi connectivity index (χ2v) is 4.32. The van der Waals surface area contributed by atoms with Gasteiger partial charge in [-0.1, -0.05) is 6.92 Å². The van der Waals surface area contributed by atoms with E-state index in [0.29, 0.717) is 30.7 Å². The van der Waals surface area contributed by atoms with Gasteiger partial charge in [-0.05, 0) is 6.42 Å². The molecular weight excluding hydrogens is 246 g/mol. The van der Waals surface area contributed by atoms with Crippen LogP contribution >= 0.6 is 0 Å². The summed E-state index contributed by atoms with van der Waals surface area (Å²) < 4.78 is 4.22. The number of hydrogen-bond acceptors (Lipinski definition) is 4. The second kappa shape index (κ2) is 5.10. The number of fused-ring (bicyclic) bond motifs is 1. The quantitative estimate of drug-likeness (QED) is 0.788. The molecule has 7 nitrogen and oxygen atoms in total. The third kappa shape index (κ3) is 2.05. The van der Waals surface area contributed by atoms with Crippen LogP contribution in [0.5, 0.6) is 0 Å². The molecule has 0 aliphatic heterocycles. The first-order valence-corrected chi connectivity index (χ1v) is 6.13. The molecule has 0 saturated heterocycles. The van der Waals surface area contributed by atoms with E-state index in [1.165, 1.54) is 17.9 Å². The smallest absolute Gasteiger partial charge is 0.324 e. The summed E-state index contributed by atoms with van der Waals surface area (Å²) in [5.74, 6) is 0. The lowest BCUT2D eigenvalue weighted by molar-refractivity contribution is 0.608. The summed E-state index contributed by atoms with van der Waals surface area (Å²) in [7, 11) is 1.46. The van der Waals surface area contributed by atoms with Gasteiger partial charge in [-0.15, -0.1) is 0 Å². The number of aromatic nitrogens is 4. The SMILES string of the molecule is CCCn1c(=O)n(C)c(=O)c2c1ncn2CCC#N. The number of aryl methyl sites for hydroxylation is 2. The van der Waals surface area contributed by atoms with Crippen molar-refractivity contribution in [3.05, 3.63) is 27.2 Å². The third-order valence-corrected chi connectivity index (χ3v) is 3.01. The lowest BCUT2D eigenvalue weighted by atomic mass is 10.4. The van der Waals surface area contributed by atoms with E-state index in [4.69, 9.17) is 5.26 Å². The molecule has 0 atom stereocenters. The van der Waals surface area contributed by atoms with Gasteiger partial charge < -0.3 is 4.57 Å². The van der Waals surface area contributed by atoms with Gasteiger partial charge in [-0.2, -0.15) is 5.26 Å². The second-order valence-electron chi connectivity index (χ2n) is 4.32. The zero-order valence-electron chi connectivity index (χ0n) is 11.0. The Labute approximate surface area is 109 Å². The Balaban J connectivity index is 2.77. The van der Waals surface area contributed by atoms with Crippen molar-refractivity contribution in [2.45, 2.75) is 32.9 Å². The summed E-state index contributed by atoms with van der Waals surface area (Å²) >= 11 is 0. The van der Waals surface area contributed by atoms with Gasteiger partial charge in [0, 0.05) is 20.1 Å². The van der Waals surface area contributed by atoms with Crippen molar-refractivity contribution in [1.29, 1.82) is 5.26 Å². The lowest BCUT2D eigenvalue weighted by Crippen LogP contribution is -2.38. The van der Waals surface area contributed by atoms with E-state index in [2.05, 4.69) is 4.98 Å². The number of hydrogen-bond donors (Lipinski definition) is 0. The normalized spacial score (nSPS) is 10.8. The van der Waals surface area contributed by atoms with Crippen LogP contribution in [0.4, 0.5) is 0 Å². The van der Waals surface area contributed by atoms with Crippen molar-refractivity contribution in [2.24, 2.45) is 7.05 Å². The molecular formula is C12H15N5O2. The Morgan fingerprint density at radius 2 is 2.11 bits per heavy atom. The first-order chi connectivity index (χ1) is 9.11. The lowest BCUT2D eigenvalue weighted by Gasteiger charge is -2.08. The third-order valence-electron chi connectivity index (χ3n) is 3.01. The summed E-state index contributed by atoms with van der Waals surface area (Å²) in [6.07, 6.45) is 2.58. The maximum absolute atomic E-state index is 12.2. The van der Waals surface area contributed by atoms with Gasteiger partial charge in [0.25, 0.3) is 5.56 Å². The Kier molecular flexibility index (Phi) is 3.51. The van der Waals surface area contributed by atoms with Crippen LogP contribution in [0.15, 0.2) is 15.9 Å². The van der Waals surface area contributed by atoms with E-state index >= 15 is 0 Å². The van der Waals surface area contributed by atoms with Crippen LogP contribution in [0.1, 0.15) is 19.8 Å². The van der Waals surface area contributed by atoms with Crippen molar-refractivity contribution in [3.63, 3.8) is 0 Å². The van der Waals surface area contributed by atoms with Gasteiger partial charge in [0.15, 0.2) is 11.2 Å². The summed E-state index contributed by atoms with van der Waals surface area (Å²) in [6.45, 7) is 2.86. The highest BCUT2D eigenvalue weighted by molar-refractivity contribution is 5.70. The Morgan fingerprint density at radius 1 is 1.37 bits per heavy atom. The highest BCUT2D eigenvalue weighted by atomic mass is 16.2. The fourth-order valence-corrected chi connectivity index (χ4v) is 2.07. The maximum atomic E-state index is 12.2. The number of nitrogens with zero attached hydrogens (tertiary/aromatic N) is 5. The van der Waals surface area contributed by atoms with Crippen LogP contribution in [0.25, 0.3) is 11.2 Å². The van der Waals surface area contributed by atoms with E-state index in [-0.39, 0.29) is 11.2 Å². The summed E-state index contributed by atoms with van der Waals surface area (Å²) in [5, 5.41) is 8.62. The van der Waals surface area contributed by atoms with Crippen molar-refractivity contribution in [1.82, 2.24) is 18.7 Å². The molecule has 2 heterocycles. The van der Waals surface area contributed by atoms with Gasteiger partial charge in [0.2, 0.25) is 0 Å². The minimum Gasteiger partial charge on any atom is -0.324 e. The topological polar surface area (TPSA) is 85.6 Å². The van der Waals surface area contributed by atoms with Crippen LogP contribution < -0.4 is 11.2 Å². The molecule has 2 aromatic heterocycles. The van der Waals surface area contributed by atoms with Gasteiger partial charge in [-0.25, -0.2) is 9.78 Å². The van der Waals surface area contributed by atoms with E-state index in [1.807, 2.05) is 13.0 Å². The van der Waals surface area contributed by atoms with Gasteiger partial charge in [-0.3, -0.25) is 13.9 Å². The van der Waals surface area contributed by atoms with Gasteiger partial charge >= 0.3 is 5.69 Å². The number of nitriles is 1. The first-order valence-electron chi connectivity index (χ1n) is 6.13. The molecule has 0 saturated carbocycles. The molecule has 0 N–H and O–H groups in total. The maximum Gasteiger partial charge on any atom is 0.332 e. The molecule has 100 valence electrons. The first kappa shape index (κ1) is 13.1. The molecule has 7 heteroatoms. The number of rotatable bonds is 4. The molecule has 0 aliphatic carbocycles. The molecule has 0 radical (unpaired) electrons. The fraction of sp³-hybridized carbons (Fsp3) is 0.500. The van der Waals surface area contributed by atoms with E-state index in [9.17, 15) is 9.59 Å². The average Bonchev–Trinajstić information content (AvgIpc) is 2.82. The molecule has 0 amide bonds. The highest BCUT2D eigenvalue weighted by Gasteiger charge is 2.15.